The molecule has 174 valence electrons. The number of hydrogen-bond acceptors (Lipinski definition) is 4. The van der Waals surface area contributed by atoms with Crippen molar-refractivity contribution in [2.24, 2.45) is 4.99 Å². The van der Waals surface area contributed by atoms with Crippen LogP contribution in [0.5, 0.6) is 0 Å². The monoisotopic (exact) mass is 509 g/mol. The number of carboxylic acids is 1. The third-order valence-electron chi connectivity index (χ3n) is 5.55. The Morgan fingerprint density at radius 3 is 2.43 bits per heavy atom. The molecule has 0 atom stereocenters. The first-order chi connectivity index (χ1) is 16.8. The summed E-state index contributed by atoms with van der Waals surface area (Å²) in [7, 11) is 0. The molecule has 1 aromatic heterocycles. The molecule has 0 amide bonds. The molecule has 1 aliphatic rings. The van der Waals surface area contributed by atoms with Crippen LogP contribution >= 0.6 is 23.2 Å². The van der Waals surface area contributed by atoms with E-state index < -0.39 is 17.6 Å². The van der Waals surface area contributed by atoms with Crippen molar-refractivity contribution in [3.63, 3.8) is 0 Å². The Hall–Kier alpha value is -3.81. The van der Waals surface area contributed by atoms with Crippen molar-refractivity contribution in [1.29, 1.82) is 0 Å². The van der Waals surface area contributed by atoms with E-state index in [2.05, 4.69) is 10.3 Å². The van der Waals surface area contributed by atoms with Crippen molar-refractivity contribution in [3.05, 3.63) is 111 Å². The number of nitrogens with zero attached hydrogens (tertiary/aromatic N) is 2. The van der Waals surface area contributed by atoms with E-state index in [1.165, 1.54) is 30.3 Å². The first-order valence-corrected chi connectivity index (χ1v) is 11.2. The number of rotatable bonds is 4. The van der Waals surface area contributed by atoms with Crippen LogP contribution in [0.3, 0.4) is 0 Å². The number of fused-ring (bicyclic) bond motifs is 3. The number of anilines is 2. The Balaban J connectivity index is 1.60. The lowest BCUT2D eigenvalue weighted by atomic mass is 9.94. The lowest BCUT2D eigenvalue weighted by Crippen LogP contribution is -2.10. The summed E-state index contributed by atoms with van der Waals surface area (Å²) in [5.41, 5.74) is 2.86. The highest BCUT2D eigenvalue weighted by Crippen LogP contribution is 2.35. The average Bonchev–Trinajstić information content (AvgIpc) is 2.96. The first-order valence-electron chi connectivity index (χ1n) is 10.4. The van der Waals surface area contributed by atoms with E-state index in [0.717, 1.165) is 5.56 Å². The molecule has 0 bridgehead atoms. The highest BCUT2D eigenvalue weighted by atomic mass is 35.5. The number of pyridine rings is 1. The van der Waals surface area contributed by atoms with Gasteiger partial charge in [0.1, 0.15) is 17.5 Å². The normalized spacial score (nSPS) is 12.3. The maximum absolute atomic E-state index is 14.7. The van der Waals surface area contributed by atoms with E-state index in [1.54, 1.807) is 30.3 Å². The molecule has 0 aliphatic carbocycles. The zero-order valence-electron chi connectivity index (χ0n) is 17.8. The quantitative estimate of drug-likeness (QED) is 0.307. The lowest BCUT2D eigenvalue weighted by Gasteiger charge is -2.14. The van der Waals surface area contributed by atoms with Gasteiger partial charge in [-0.1, -0.05) is 41.4 Å². The topological polar surface area (TPSA) is 74.6 Å². The summed E-state index contributed by atoms with van der Waals surface area (Å²) < 4.78 is 29.4. The van der Waals surface area contributed by atoms with Gasteiger partial charge in [-0.25, -0.2) is 18.6 Å². The van der Waals surface area contributed by atoms with Crippen molar-refractivity contribution in [2.45, 2.75) is 6.54 Å². The molecule has 0 unspecified atom stereocenters. The molecule has 0 fully saturated rings. The van der Waals surface area contributed by atoms with Crippen LogP contribution in [-0.2, 0) is 6.54 Å². The maximum atomic E-state index is 14.7. The fourth-order valence-corrected chi connectivity index (χ4v) is 4.37. The van der Waals surface area contributed by atoms with Crippen LogP contribution in [0.15, 0.2) is 71.7 Å². The van der Waals surface area contributed by atoms with Gasteiger partial charge in [0.15, 0.2) is 0 Å². The van der Waals surface area contributed by atoms with Gasteiger partial charge in [0.05, 0.1) is 34.1 Å². The third kappa shape index (κ3) is 4.36. The second kappa shape index (κ2) is 9.09. The molecule has 35 heavy (non-hydrogen) atoms. The smallest absolute Gasteiger partial charge is 0.337 e. The lowest BCUT2D eigenvalue weighted by molar-refractivity contribution is 0.0697. The first kappa shape index (κ1) is 23.0. The summed E-state index contributed by atoms with van der Waals surface area (Å²) in [6.07, 6.45) is 0. The van der Waals surface area contributed by atoms with Gasteiger partial charge >= 0.3 is 5.97 Å². The minimum absolute atomic E-state index is 0.0111. The summed E-state index contributed by atoms with van der Waals surface area (Å²) in [4.78, 5) is 20.5. The van der Waals surface area contributed by atoms with Crippen molar-refractivity contribution < 1.29 is 18.7 Å². The second-order valence-electron chi connectivity index (χ2n) is 7.78. The predicted octanol–water partition coefficient (Wildman–Crippen LogP) is 7.13. The van der Waals surface area contributed by atoms with Crippen LogP contribution in [0.2, 0.25) is 10.0 Å². The van der Waals surface area contributed by atoms with Gasteiger partial charge in [0.25, 0.3) is 0 Å². The van der Waals surface area contributed by atoms with Crippen molar-refractivity contribution in [2.75, 3.05) is 5.32 Å². The summed E-state index contributed by atoms with van der Waals surface area (Å²) in [5, 5.41) is 12.8. The molecule has 0 spiro atoms. The van der Waals surface area contributed by atoms with Crippen LogP contribution in [0.4, 0.5) is 20.3 Å². The minimum atomic E-state index is -1.12. The largest absolute Gasteiger partial charge is 0.478 e. The number of benzene rings is 3. The van der Waals surface area contributed by atoms with Crippen molar-refractivity contribution in [1.82, 2.24) is 4.98 Å². The molecule has 1 aliphatic heterocycles. The van der Waals surface area contributed by atoms with Crippen LogP contribution in [0.1, 0.15) is 27.0 Å². The van der Waals surface area contributed by atoms with Crippen molar-refractivity contribution in [3.8, 4) is 11.3 Å². The second-order valence-corrected chi connectivity index (χ2v) is 8.62. The number of nitrogens with one attached hydrogen (secondary N) is 1. The SMILES string of the molecule is O=C(O)c1ccc(Nc2ccc3c(n2)-c2ccc(Cl)cc2C(c2c(F)cccc2F)=NC3)cc1Cl. The minimum Gasteiger partial charge on any atom is -0.478 e. The van der Waals surface area contributed by atoms with Crippen LogP contribution in [-0.4, -0.2) is 21.8 Å². The molecule has 9 heteroatoms. The number of aromatic nitrogens is 1. The van der Waals surface area contributed by atoms with Gasteiger partial charge in [-0.05, 0) is 48.5 Å². The number of carbonyl (C=O) groups is 1. The number of aliphatic imine (C=N–C) groups is 1. The third-order valence-corrected chi connectivity index (χ3v) is 6.10. The molecular weight excluding hydrogens is 495 g/mol. The summed E-state index contributed by atoms with van der Waals surface area (Å²) in [6, 6.07) is 16.7. The summed E-state index contributed by atoms with van der Waals surface area (Å²) >= 11 is 12.3. The highest BCUT2D eigenvalue weighted by molar-refractivity contribution is 6.33. The van der Waals surface area contributed by atoms with Crippen molar-refractivity contribution >= 4 is 46.4 Å². The molecule has 4 aromatic rings. The van der Waals surface area contributed by atoms with E-state index in [1.807, 2.05) is 6.07 Å². The summed E-state index contributed by atoms with van der Waals surface area (Å²) in [6.45, 7) is 0.150. The molecule has 5 nitrogen and oxygen atoms in total. The molecule has 0 radical (unpaired) electrons. The summed E-state index contributed by atoms with van der Waals surface area (Å²) in [5.74, 6) is -2.11. The van der Waals surface area contributed by atoms with E-state index in [-0.39, 0.29) is 28.4 Å². The van der Waals surface area contributed by atoms with E-state index in [0.29, 0.717) is 33.3 Å². The molecule has 3 aromatic carbocycles. The van der Waals surface area contributed by atoms with Crippen LogP contribution in [0.25, 0.3) is 11.3 Å². The molecule has 2 heterocycles. The molecule has 0 saturated heterocycles. The Morgan fingerprint density at radius 2 is 1.71 bits per heavy atom. The maximum Gasteiger partial charge on any atom is 0.337 e. The van der Waals surface area contributed by atoms with Gasteiger partial charge in [-0.3, -0.25) is 4.99 Å². The van der Waals surface area contributed by atoms with Gasteiger partial charge in [-0.15, -0.1) is 0 Å². The van der Waals surface area contributed by atoms with Crippen LogP contribution in [0, 0.1) is 11.6 Å². The predicted molar refractivity (Wildman–Crippen MR) is 132 cm³/mol. The number of halogens is 4. The fourth-order valence-electron chi connectivity index (χ4n) is 3.94. The Kier molecular flexibility index (Phi) is 5.96. The van der Waals surface area contributed by atoms with Crippen LogP contribution < -0.4 is 5.32 Å². The van der Waals surface area contributed by atoms with Gasteiger partial charge < -0.3 is 10.4 Å². The van der Waals surface area contributed by atoms with E-state index in [4.69, 9.17) is 28.2 Å². The Labute approximate surface area is 208 Å². The Morgan fingerprint density at radius 1 is 0.943 bits per heavy atom. The average molecular weight is 510 g/mol. The zero-order chi connectivity index (χ0) is 24.7. The fraction of sp³-hybridized carbons (Fsp3) is 0.0385. The van der Waals surface area contributed by atoms with E-state index >= 15 is 0 Å². The van der Waals surface area contributed by atoms with Gasteiger partial charge in [-0.2, -0.15) is 0 Å². The number of aromatic carboxylic acids is 1. The molecule has 2 N–H and O–H groups in total. The Bertz CT molecular complexity index is 1520. The molecular formula is C26H15Cl2F2N3O2. The number of hydrogen-bond donors (Lipinski definition) is 2. The van der Waals surface area contributed by atoms with Gasteiger partial charge in [0.2, 0.25) is 0 Å². The van der Waals surface area contributed by atoms with E-state index in [9.17, 15) is 18.7 Å². The molecule has 5 rings (SSSR count). The zero-order valence-corrected chi connectivity index (χ0v) is 19.3. The van der Waals surface area contributed by atoms with Gasteiger partial charge in [0, 0.05) is 27.4 Å². The number of carboxylic acid groups (broad SMARTS) is 1. The highest BCUT2D eigenvalue weighted by Gasteiger charge is 2.25. The molecule has 0 saturated carbocycles. The standard InChI is InChI=1S/C26H15Cl2F2N3O2/c27-14-5-7-16-18(10-14)25(23-20(29)2-1-3-21(23)30)31-12-13-4-9-22(33-24(13)16)32-15-6-8-17(26(34)35)19(28)11-15/h1-11H,12H2,(H,32,33)(H,34,35).